The molecule has 2 aliphatic rings. The van der Waals surface area contributed by atoms with Crippen molar-refractivity contribution in [1.29, 1.82) is 0 Å². The number of piperidine rings is 1. The molecular weight excluding hydrogens is 291 g/mol. The predicted octanol–water partition coefficient (Wildman–Crippen LogP) is 0.789. The van der Waals surface area contributed by atoms with Crippen LogP contribution in [-0.2, 0) is 16.0 Å². The number of hydrogen-bond acceptors (Lipinski definition) is 4. The van der Waals surface area contributed by atoms with Gasteiger partial charge >= 0.3 is 0 Å². The highest BCUT2D eigenvalue weighted by atomic mass is 19.1. The molecule has 1 fully saturated rings. The summed E-state index contributed by atoms with van der Waals surface area (Å²) in [5.41, 5.74) is 0.0171. The third-order valence-electron chi connectivity index (χ3n) is 4.01. The summed E-state index contributed by atoms with van der Waals surface area (Å²) in [6.07, 6.45) is 0.476. The maximum absolute atomic E-state index is 14.3. The van der Waals surface area contributed by atoms with Gasteiger partial charge in [0.1, 0.15) is 11.9 Å². The Bertz CT molecular complexity index is 728. The molecule has 1 aromatic rings. The van der Waals surface area contributed by atoms with Gasteiger partial charge in [-0.25, -0.2) is 4.39 Å². The van der Waals surface area contributed by atoms with E-state index in [0.717, 1.165) is 4.90 Å². The highest BCUT2D eigenvalue weighted by Gasteiger charge is 2.46. The van der Waals surface area contributed by atoms with Crippen molar-refractivity contribution in [3.8, 4) is 0 Å². The van der Waals surface area contributed by atoms with Crippen molar-refractivity contribution in [3.63, 3.8) is 0 Å². The van der Waals surface area contributed by atoms with Gasteiger partial charge in [-0.2, -0.15) is 0 Å². The second kappa shape index (κ2) is 5.01. The molecule has 6 nitrogen and oxygen atoms in total. The SMILES string of the molecule is CCc1ccc2c(c1F)C(=O)N(C1CCC(=O)NC1=O)C2=O. The fourth-order valence-corrected chi connectivity index (χ4v) is 2.83. The minimum Gasteiger partial charge on any atom is -0.295 e. The van der Waals surface area contributed by atoms with Crippen molar-refractivity contribution in [1.82, 2.24) is 10.2 Å². The normalized spacial score (nSPS) is 21.2. The Labute approximate surface area is 125 Å². The molecule has 4 amide bonds. The van der Waals surface area contributed by atoms with E-state index in [1.165, 1.54) is 12.1 Å². The van der Waals surface area contributed by atoms with Crippen LogP contribution in [0.3, 0.4) is 0 Å². The first-order valence-corrected chi connectivity index (χ1v) is 6.98. The van der Waals surface area contributed by atoms with Crippen LogP contribution in [0.15, 0.2) is 12.1 Å². The van der Waals surface area contributed by atoms with Crippen molar-refractivity contribution in [3.05, 3.63) is 34.6 Å². The van der Waals surface area contributed by atoms with Gasteiger partial charge in [-0.15, -0.1) is 0 Å². The third-order valence-corrected chi connectivity index (χ3v) is 4.01. The van der Waals surface area contributed by atoms with Crippen LogP contribution in [0.1, 0.15) is 46.0 Å². The molecule has 1 unspecified atom stereocenters. The summed E-state index contributed by atoms with van der Waals surface area (Å²) in [5, 5.41) is 2.09. The summed E-state index contributed by atoms with van der Waals surface area (Å²) < 4.78 is 14.3. The van der Waals surface area contributed by atoms with Crippen molar-refractivity contribution in [2.45, 2.75) is 32.2 Å². The average Bonchev–Trinajstić information content (AvgIpc) is 2.73. The lowest BCUT2D eigenvalue weighted by Gasteiger charge is -2.27. The van der Waals surface area contributed by atoms with Crippen LogP contribution >= 0.6 is 0 Å². The minimum atomic E-state index is -1.07. The van der Waals surface area contributed by atoms with Crippen molar-refractivity contribution in [2.75, 3.05) is 0 Å². The van der Waals surface area contributed by atoms with Gasteiger partial charge in [-0.3, -0.25) is 29.4 Å². The summed E-state index contributed by atoms with van der Waals surface area (Å²) in [7, 11) is 0. The standard InChI is InChI=1S/C15H13FN2O4/c1-2-7-3-4-8-11(12(7)16)15(22)18(14(8)21)9-5-6-10(19)17-13(9)20/h3-4,9H,2,5-6H2,1H3,(H,17,19,20). The number of halogens is 1. The molecule has 1 N–H and O–H groups in total. The van der Waals surface area contributed by atoms with E-state index in [4.69, 9.17) is 0 Å². The molecule has 1 aromatic carbocycles. The lowest BCUT2D eigenvalue weighted by molar-refractivity contribution is -0.136. The Morgan fingerprint density at radius 3 is 2.59 bits per heavy atom. The van der Waals surface area contributed by atoms with E-state index in [0.29, 0.717) is 12.0 Å². The zero-order valence-corrected chi connectivity index (χ0v) is 11.8. The van der Waals surface area contributed by atoms with Crippen LogP contribution in [-0.4, -0.2) is 34.6 Å². The zero-order chi connectivity index (χ0) is 16.0. The number of carbonyl (C=O) groups excluding carboxylic acids is 4. The fourth-order valence-electron chi connectivity index (χ4n) is 2.83. The average molecular weight is 304 g/mol. The van der Waals surface area contributed by atoms with Gasteiger partial charge in [0, 0.05) is 6.42 Å². The van der Waals surface area contributed by atoms with E-state index in [9.17, 15) is 23.6 Å². The second-order valence-electron chi connectivity index (χ2n) is 5.26. The summed E-state index contributed by atoms with van der Waals surface area (Å²) in [5.74, 6) is -3.38. The van der Waals surface area contributed by atoms with E-state index < -0.39 is 35.5 Å². The number of rotatable bonds is 2. The van der Waals surface area contributed by atoms with Crippen molar-refractivity contribution in [2.24, 2.45) is 0 Å². The summed E-state index contributed by atoms with van der Waals surface area (Å²) >= 11 is 0. The zero-order valence-electron chi connectivity index (χ0n) is 11.8. The molecule has 1 atom stereocenters. The van der Waals surface area contributed by atoms with Crippen molar-refractivity contribution < 1.29 is 23.6 Å². The molecule has 7 heteroatoms. The van der Waals surface area contributed by atoms with Gasteiger partial charge in [0.25, 0.3) is 11.8 Å². The number of nitrogens with one attached hydrogen (secondary N) is 1. The molecule has 2 heterocycles. The van der Waals surface area contributed by atoms with Crippen LogP contribution < -0.4 is 5.32 Å². The van der Waals surface area contributed by atoms with Gasteiger partial charge in [-0.05, 0) is 24.5 Å². The quantitative estimate of drug-likeness (QED) is 0.819. The number of imide groups is 2. The lowest BCUT2D eigenvalue weighted by Crippen LogP contribution is -2.54. The number of amides is 4. The maximum Gasteiger partial charge on any atom is 0.265 e. The molecule has 0 aromatic heterocycles. The smallest absolute Gasteiger partial charge is 0.265 e. The Morgan fingerprint density at radius 2 is 1.95 bits per heavy atom. The van der Waals surface area contributed by atoms with E-state index in [1.807, 2.05) is 0 Å². The molecule has 114 valence electrons. The molecule has 0 saturated carbocycles. The Balaban J connectivity index is 2.02. The topological polar surface area (TPSA) is 83.6 Å². The molecule has 22 heavy (non-hydrogen) atoms. The van der Waals surface area contributed by atoms with Gasteiger partial charge < -0.3 is 0 Å². The van der Waals surface area contributed by atoms with Gasteiger partial charge in [0.15, 0.2) is 0 Å². The number of fused-ring (bicyclic) bond motifs is 1. The van der Waals surface area contributed by atoms with E-state index in [-0.39, 0.29) is 24.0 Å². The second-order valence-corrected chi connectivity index (χ2v) is 5.26. The molecular formula is C15H13FN2O4. The maximum atomic E-state index is 14.3. The minimum absolute atomic E-state index is 0.0342. The number of benzene rings is 1. The number of hydrogen-bond donors (Lipinski definition) is 1. The summed E-state index contributed by atoms with van der Waals surface area (Å²) in [6.45, 7) is 1.74. The first-order valence-electron chi connectivity index (χ1n) is 6.98. The van der Waals surface area contributed by atoms with Crippen LogP contribution in [0.4, 0.5) is 4.39 Å². The Hall–Kier alpha value is -2.57. The number of nitrogens with zero attached hydrogens (tertiary/aromatic N) is 1. The third kappa shape index (κ3) is 1.93. The first-order chi connectivity index (χ1) is 10.5. The van der Waals surface area contributed by atoms with E-state index in [1.54, 1.807) is 6.92 Å². The van der Waals surface area contributed by atoms with Crippen LogP contribution in [0, 0.1) is 5.82 Å². The monoisotopic (exact) mass is 304 g/mol. The Kier molecular flexibility index (Phi) is 3.27. The molecule has 0 bridgehead atoms. The van der Waals surface area contributed by atoms with Gasteiger partial charge in [0.2, 0.25) is 11.8 Å². The molecule has 2 aliphatic heterocycles. The van der Waals surface area contributed by atoms with Gasteiger partial charge in [-0.1, -0.05) is 13.0 Å². The Morgan fingerprint density at radius 1 is 1.23 bits per heavy atom. The number of carbonyl (C=O) groups is 4. The molecule has 0 aliphatic carbocycles. The highest BCUT2D eigenvalue weighted by molar-refractivity contribution is 6.23. The molecule has 1 saturated heterocycles. The van der Waals surface area contributed by atoms with E-state index in [2.05, 4.69) is 5.32 Å². The molecule has 3 rings (SSSR count). The van der Waals surface area contributed by atoms with Crippen LogP contribution in [0.25, 0.3) is 0 Å². The van der Waals surface area contributed by atoms with Crippen LogP contribution in [0.2, 0.25) is 0 Å². The summed E-state index contributed by atoms with van der Waals surface area (Å²) in [4.78, 5) is 48.6. The van der Waals surface area contributed by atoms with E-state index >= 15 is 0 Å². The molecule has 0 spiro atoms. The van der Waals surface area contributed by atoms with Gasteiger partial charge in [0.05, 0.1) is 11.1 Å². The fraction of sp³-hybridized carbons (Fsp3) is 0.333. The highest BCUT2D eigenvalue weighted by Crippen LogP contribution is 2.30. The van der Waals surface area contributed by atoms with Crippen molar-refractivity contribution >= 4 is 23.6 Å². The molecule has 0 radical (unpaired) electrons. The lowest BCUT2D eigenvalue weighted by atomic mass is 10.0. The largest absolute Gasteiger partial charge is 0.295 e. The predicted molar refractivity (Wildman–Crippen MR) is 72.4 cm³/mol. The summed E-state index contributed by atoms with van der Waals surface area (Å²) in [6, 6.07) is 1.80. The number of aryl methyl sites for hydroxylation is 1. The van der Waals surface area contributed by atoms with Crippen LogP contribution in [0.5, 0.6) is 0 Å². The first kappa shape index (κ1) is 14.4.